The first kappa shape index (κ1) is 20.2. The Bertz CT molecular complexity index is 388. The summed E-state index contributed by atoms with van der Waals surface area (Å²) in [4.78, 5) is 6.61. The molecule has 1 aromatic rings. The molecule has 0 bridgehead atoms. The molecule has 1 aromatic heterocycles. The van der Waals surface area contributed by atoms with Gasteiger partial charge in [-0.05, 0) is 39.1 Å². The highest BCUT2D eigenvalue weighted by Crippen LogP contribution is 2.20. The molecule has 0 aliphatic rings. The van der Waals surface area contributed by atoms with Gasteiger partial charge in [-0.3, -0.25) is 9.89 Å². The molecular weight excluding hydrogens is 379 g/mol. The van der Waals surface area contributed by atoms with Crippen LogP contribution in [-0.2, 0) is 0 Å². The average molecular weight is 408 g/mol. The normalized spacial score (nSPS) is 13.2. The molecule has 0 spiro atoms. The van der Waals surface area contributed by atoms with Crippen molar-refractivity contribution < 1.29 is 4.42 Å². The molecule has 0 saturated carbocycles. The minimum Gasteiger partial charge on any atom is -0.468 e. The molecule has 1 rings (SSSR count). The van der Waals surface area contributed by atoms with E-state index >= 15 is 0 Å². The first-order valence-corrected chi connectivity index (χ1v) is 7.36. The maximum Gasteiger partial charge on any atom is 0.191 e. The van der Waals surface area contributed by atoms with Crippen molar-refractivity contribution in [3.8, 4) is 0 Å². The fourth-order valence-corrected chi connectivity index (χ4v) is 2.22. The van der Waals surface area contributed by atoms with E-state index in [4.69, 9.17) is 4.42 Å². The fourth-order valence-electron chi connectivity index (χ4n) is 2.22. The second-order valence-electron chi connectivity index (χ2n) is 5.00. The van der Waals surface area contributed by atoms with Crippen LogP contribution in [0, 0.1) is 0 Å². The summed E-state index contributed by atoms with van der Waals surface area (Å²) < 4.78 is 5.59. The summed E-state index contributed by atoms with van der Waals surface area (Å²) >= 11 is 0. The van der Waals surface area contributed by atoms with Crippen molar-refractivity contribution in [3.05, 3.63) is 24.2 Å². The van der Waals surface area contributed by atoms with E-state index in [0.29, 0.717) is 6.04 Å². The summed E-state index contributed by atoms with van der Waals surface area (Å²) in [6.07, 6.45) is 1.73. The molecule has 1 heterocycles. The molecule has 2 N–H and O–H groups in total. The minimum absolute atomic E-state index is 0. The van der Waals surface area contributed by atoms with Crippen molar-refractivity contribution in [1.82, 2.24) is 15.5 Å². The lowest BCUT2D eigenvalue weighted by Gasteiger charge is -2.29. The van der Waals surface area contributed by atoms with E-state index in [-0.39, 0.29) is 30.0 Å². The number of rotatable bonds is 7. The molecule has 21 heavy (non-hydrogen) atoms. The predicted octanol–water partition coefficient (Wildman–Crippen LogP) is 2.85. The zero-order valence-corrected chi connectivity index (χ0v) is 16.0. The second-order valence-corrected chi connectivity index (χ2v) is 5.00. The highest BCUT2D eigenvalue weighted by atomic mass is 127. The van der Waals surface area contributed by atoms with Crippen molar-refractivity contribution in [1.29, 1.82) is 0 Å². The molecule has 0 aromatic carbocycles. The number of nitrogens with one attached hydrogen (secondary N) is 2. The monoisotopic (exact) mass is 408 g/mol. The van der Waals surface area contributed by atoms with Gasteiger partial charge >= 0.3 is 0 Å². The molecule has 0 saturated heterocycles. The molecule has 0 aliphatic carbocycles. The van der Waals surface area contributed by atoms with Crippen molar-refractivity contribution in [2.45, 2.75) is 39.8 Å². The number of aliphatic imine (C=N–C) groups is 1. The van der Waals surface area contributed by atoms with Crippen LogP contribution in [0.5, 0.6) is 0 Å². The van der Waals surface area contributed by atoms with Crippen molar-refractivity contribution in [3.63, 3.8) is 0 Å². The van der Waals surface area contributed by atoms with Crippen LogP contribution in [0.3, 0.4) is 0 Å². The third-order valence-corrected chi connectivity index (χ3v) is 3.24. The first-order chi connectivity index (χ1) is 9.62. The molecule has 1 atom stereocenters. The van der Waals surface area contributed by atoms with E-state index in [1.54, 1.807) is 13.3 Å². The van der Waals surface area contributed by atoms with Crippen LogP contribution in [0.15, 0.2) is 27.8 Å². The second kappa shape index (κ2) is 10.9. The van der Waals surface area contributed by atoms with Gasteiger partial charge in [0.1, 0.15) is 5.76 Å². The summed E-state index contributed by atoms with van der Waals surface area (Å²) in [6, 6.07) is 4.54. The Hall–Kier alpha value is -0.760. The number of nitrogens with zero attached hydrogens (tertiary/aromatic N) is 2. The van der Waals surface area contributed by atoms with Gasteiger partial charge in [0.05, 0.1) is 12.3 Å². The highest BCUT2D eigenvalue weighted by molar-refractivity contribution is 14.0. The third-order valence-electron chi connectivity index (χ3n) is 3.24. The summed E-state index contributed by atoms with van der Waals surface area (Å²) in [6.45, 7) is 11.3. The van der Waals surface area contributed by atoms with Gasteiger partial charge in [0.15, 0.2) is 5.96 Å². The standard InChI is InChI=1S/C15H28N4O.HI/c1-6-19(7-2)13(14-9-8-10-20-14)11-17-15(16-5)18-12(3)4;/h8-10,12-13H,6-7,11H2,1-5H3,(H2,16,17,18);1H. The molecule has 6 heteroatoms. The zero-order valence-electron chi connectivity index (χ0n) is 13.7. The number of halogens is 1. The smallest absolute Gasteiger partial charge is 0.191 e. The van der Waals surface area contributed by atoms with E-state index in [9.17, 15) is 0 Å². The number of hydrogen-bond donors (Lipinski definition) is 2. The van der Waals surface area contributed by atoms with Crippen LogP contribution in [0.2, 0.25) is 0 Å². The largest absolute Gasteiger partial charge is 0.468 e. The van der Waals surface area contributed by atoms with Gasteiger partial charge < -0.3 is 15.1 Å². The van der Waals surface area contributed by atoms with E-state index in [2.05, 4.69) is 48.2 Å². The molecule has 0 fully saturated rings. The van der Waals surface area contributed by atoms with Crippen molar-refractivity contribution in [2.24, 2.45) is 4.99 Å². The lowest BCUT2D eigenvalue weighted by Crippen LogP contribution is -2.45. The van der Waals surface area contributed by atoms with Gasteiger partial charge in [0.25, 0.3) is 0 Å². The Morgan fingerprint density at radius 3 is 2.43 bits per heavy atom. The predicted molar refractivity (Wildman–Crippen MR) is 99.4 cm³/mol. The Morgan fingerprint density at radius 2 is 2.00 bits per heavy atom. The third kappa shape index (κ3) is 6.69. The number of hydrogen-bond acceptors (Lipinski definition) is 3. The number of guanidine groups is 1. The van der Waals surface area contributed by atoms with E-state index in [1.807, 2.05) is 12.1 Å². The fraction of sp³-hybridized carbons (Fsp3) is 0.667. The van der Waals surface area contributed by atoms with E-state index in [0.717, 1.165) is 31.4 Å². The van der Waals surface area contributed by atoms with E-state index < -0.39 is 0 Å². The van der Waals surface area contributed by atoms with Crippen molar-refractivity contribution in [2.75, 3.05) is 26.7 Å². The summed E-state index contributed by atoms with van der Waals surface area (Å²) in [5, 5.41) is 6.67. The summed E-state index contributed by atoms with van der Waals surface area (Å²) in [7, 11) is 1.79. The van der Waals surface area contributed by atoms with E-state index in [1.165, 1.54) is 0 Å². The van der Waals surface area contributed by atoms with Gasteiger partial charge in [-0.1, -0.05) is 13.8 Å². The van der Waals surface area contributed by atoms with Crippen LogP contribution in [-0.4, -0.2) is 43.6 Å². The first-order valence-electron chi connectivity index (χ1n) is 7.36. The molecule has 0 aliphatic heterocycles. The molecule has 1 unspecified atom stereocenters. The molecule has 0 radical (unpaired) electrons. The quantitative estimate of drug-likeness (QED) is 0.414. The number of furan rings is 1. The lowest BCUT2D eigenvalue weighted by molar-refractivity contribution is 0.193. The van der Waals surface area contributed by atoms with Crippen molar-refractivity contribution >= 4 is 29.9 Å². The lowest BCUT2D eigenvalue weighted by atomic mass is 10.2. The van der Waals surface area contributed by atoms with Gasteiger partial charge in [-0.25, -0.2) is 0 Å². The summed E-state index contributed by atoms with van der Waals surface area (Å²) in [5.41, 5.74) is 0. The topological polar surface area (TPSA) is 52.8 Å². The molecule has 5 nitrogen and oxygen atoms in total. The Morgan fingerprint density at radius 1 is 1.33 bits per heavy atom. The van der Waals surface area contributed by atoms with Gasteiger partial charge in [0.2, 0.25) is 0 Å². The summed E-state index contributed by atoms with van der Waals surface area (Å²) in [5.74, 6) is 1.81. The SMILES string of the molecule is CCN(CC)C(CNC(=NC)NC(C)C)c1ccco1.I. The van der Waals surface area contributed by atoms with Crippen LogP contribution < -0.4 is 10.6 Å². The van der Waals surface area contributed by atoms with Gasteiger partial charge in [0, 0.05) is 19.6 Å². The van der Waals surface area contributed by atoms with Crippen LogP contribution in [0.1, 0.15) is 39.5 Å². The molecule has 122 valence electrons. The Labute approximate surface area is 145 Å². The van der Waals surface area contributed by atoms with Crippen LogP contribution in [0.25, 0.3) is 0 Å². The maximum absolute atomic E-state index is 5.59. The molecule has 0 amide bonds. The molecular formula is C15H29IN4O. The highest BCUT2D eigenvalue weighted by Gasteiger charge is 2.20. The van der Waals surface area contributed by atoms with Crippen LogP contribution >= 0.6 is 24.0 Å². The number of likely N-dealkylation sites (N-methyl/N-ethyl adjacent to an activating group) is 1. The minimum atomic E-state index is 0. The average Bonchev–Trinajstić information content (AvgIpc) is 2.95. The zero-order chi connectivity index (χ0) is 15.0. The van der Waals surface area contributed by atoms with Gasteiger partial charge in [-0.15, -0.1) is 24.0 Å². The van der Waals surface area contributed by atoms with Crippen LogP contribution in [0.4, 0.5) is 0 Å². The Balaban J connectivity index is 0.00000400. The Kier molecular flexibility index (Phi) is 10.5. The maximum atomic E-state index is 5.59. The van der Waals surface area contributed by atoms with Gasteiger partial charge in [-0.2, -0.15) is 0 Å².